The van der Waals surface area contributed by atoms with Crippen LogP contribution in [-0.2, 0) is 11.2 Å². The Morgan fingerprint density at radius 1 is 1.29 bits per heavy atom. The summed E-state index contributed by atoms with van der Waals surface area (Å²) in [6.45, 7) is 5.47. The number of amides is 1. The van der Waals surface area contributed by atoms with E-state index in [1.165, 1.54) is 15.9 Å². The smallest absolute Gasteiger partial charge is 0.275 e. The maximum absolute atomic E-state index is 12.8. The number of hydrogen-bond acceptors (Lipinski definition) is 7. The number of aryl methyl sites for hydroxylation is 2. The average molecular weight is 442 g/mol. The van der Waals surface area contributed by atoms with Gasteiger partial charge in [-0.3, -0.25) is 9.59 Å². The first kappa shape index (κ1) is 21.3. The Morgan fingerprint density at radius 3 is 2.77 bits per heavy atom. The zero-order valence-electron chi connectivity index (χ0n) is 18.1. The molecule has 1 aromatic carbocycles. The number of fused-ring (bicyclic) bond motifs is 1. The van der Waals surface area contributed by atoms with Crippen LogP contribution in [0.2, 0.25) is 0 Å². The molecule has 0 bridgehead atoms. The summed E-state index contributed by atoms with van der Waals surface area (Å²) >= 11 is 1.43. The highest BCUT2D eigenvalue weighted by Crippen LogP contribution is 2.29. The van der Waals surface area contributed by atoms with E-state index in [9.17, 15) is 9.59 Å². The standard InChI is InChI=1S/C22H27N5O3S/c1-4-5-16-13-19(28)27-21(23-16)31-22(25-27)26-10-8-15(9-11-26)20(29)24-17-12-14(2)6-7-18(17)30-3/h6-7,12-13,15H,4-5,8-11H2,1-3H3,(H,24,29). The highest BCUT2D eigenvalue weighted by molar-refractivity contribution is 7.20. The van der Waals surface area contributed by atoms with Crippen LogP contribution < -0.4 is 20.5 Å². The number of carbonyl (C=O) groups is 1. The van der Waals surface area contributed by atoms with Gasteiger partial charge >= 0.3 is 0 Å². The van der Waals surface area contributed by atoms with Gasteiger partial charge in [0.2, 0.25) is 16.0 Å². The van der Waals surface area contributed by atoms with Crippen LogP contribution in [0.25, 0.3) is 4.96 Å². The Labute approximate surface area is 184 Å². The zero-order chi connectivity index (χ0) is 22.0. The largest absolute Gasteiger partial charge is 0.495 e. The number of nitrogens with zero attached hydrogens (tertiary/aromatic N) is 4. The lowest BCUT2D eigenvalue weighted by atomic mass is 9.96. The maximum Gasteiger partial charge on any atom is 0.275 e. The predicted molar refractivity (Wildman–Crippen MR) is 122 cm³/mol. The minimum absolute atomic E-state index is 0.00921. The molecule has 31 heavy (non-hydrogen) atoms. The van der Waals surface area contributed by atoms with Gasteiger partial charge in [-0.15, -0.1) is 5.10 Å². The number of benzene rings is 1. The molecule has 1 saturated heterocycles. The van der Waals surface area contributed by atoms with Crippen LogP contribution in [0.5, 0.6) is 5.75 Å². The number of aromatic nitrogens is 3. The molecular formula is C22H27N5O3S. The maximum atomic E-state index is 12.8. The fourth-order valence-corrected chi connectivity index (χ4v) is 4.82. The SMILES string of the molecule is CCCc1cc(=O)n2nc(N3CCC(C(=O)Nc4cc(C)ccc4OC)CC3)sc2n1. The molecule has 164 valence electrons. The first-order valence-corrected chi connectivity index (χ1v) is 11.4. The van der Waals surface area contributed by atoms with Gasteiger partial charge in [0.15, 0.2) is 0 Å². The summed E-state index contributed by atoms with van der Waals surface area (Å²) in [6.07, 6.45) is 3.17. The molecule has 3 aromatic rings. The van der Waals surface area contributed by atoms with Gasteiger partial charge in [0, 0.05) is 30.8 Å². The molecule has 0 atom stereocenters. The Balaban J connectivity index is 1.43. The number of piperidine rings is 1. The van der Waals surface area contributed by atoms with Crippen LogP contribution >= 0.6 is 11.3 Å². The molecule has 0 radical (unpaired) electrons. The van der Waals surface area contributed by atoms with Gasteiger partial charge in [-0.05, 0) is 43.9 Å². The number of anilines is 2. The van der Waals surface area contributed by atoms with Gasteiger partial charge in [0.1, 0.15) is 5.75 Å². The number of ether oxygens (including phenoxy) is 1. The molecule has 0 spiro atoms. The molecule has 9 heteroatoms. The van der Waals surface area contributed by atoms with Gasteiger partial charge < -0.3 is 15.0 Å². The summed E-state index contributed by atoms with van der Waals surface area (Å²) in [7, 11) is 1.60. The lowest BCUT2D eigenvalue weighted by Gasteiger charge is -2.30. The van der Waals surface area contributed by atoms with E-state index in [-0.39, 0.29) is 17.4 Å². The van der Waals surface area contributed by atoms with Crippen molar-refractivity contribution >= 4 is 33.0 Å². The van der Waals surface area contributed by atoms with E-state index in [0.29, 0.717) is 29.5 Å². The highest BCUT2D eigenvalue weighted by atomic mass is 32.1. The van der Waals surface area contributed by atoms with E-state index < -0.39 is 0 Å². The molecule has 3 heterocycles. The van der Waals surface area contributed by atoms with Crippen LogP contribution in [0.15, 0.2) is 29.1 Å². The van der Waals surface area contributed by atoms with Crippen molar-refractivity contribution in [2.45, 2.75) is 39.5 Å². The fraction of sp³-hybridized carbons (Fsp3) is 0.455. The highest BCUT2D eigenvalue weighted by Gasteiger charge is 2.27. The Hall–Kier alpha value is -2.94. The molecule has 0 saturated carbocycles. The summed E-state index contributed by atoms with van der Waals surface area (Å²) in [5.41, 5.74) is 2.43. The van der Waals surface area contributed by atoms with Crippen molar-refractivity contribution in [3.05, 3.63) is 45.9 Å². The predicted octanol–water partition coefficient (Wildman–Crippen LogP) is 3.28. The minimum atomic E-state index is -0.141. The van der Waals surface area contributed by atoms with Gasteiger partial charge in [-0.1, -0.05) is 30.7 Å². The van der Waals surface area contributed by atoms with Gasteiger partial charge in [-0.25, -0.2) is 4.98 Å². The Kier molecular flexibility index (Phi) is 6.22. The van der Waals surface area contributed by atoms with Gasteiger partial charge in [0.05, 0.1) is 12.8 Å². The second-order valence-electron chi connectivity index (χ2n) is 7.87. The normalized spacial score (nSPS) is 14.7. The van der Waals surface area contributed by atoms with E-state index in [1.54, 1.807) is 13.2 Å². The first-order valence-electron chi connectivity index (χ1n) is 10.6. The van der Waals surface area contributed by atoms with E-state index in [1.807, 2.05) is 25.1 Å². The van der Waals surface area contributed by atoms with E-state index in [4.69, 9.17) is 4.74 Å². The Morgan fingerprint density at radius 2 is 2.06 bits per heavy atom. The number of hydrogen-bond donors (Lipinski definition) is 1. The third kappa shape index (κ3) is 4.56. The van der Waals surface area contributed by atoms with Crippen molar-refractivity contribution in [3.8, 4) is 5.75 Å². The van der Waals surface area contributed by atoms with E-state index in [2.05, 4.69) is 27.2 Å². The summed E-state index contributed by atoms with van der Waals surface area (Å²) in [4.78, 5) is 32.5. The van der Waals surface area contributed by atoms with Crippen molar-refractivity contribution < 1.29 is 9.53 Å². The monoisotopic (exact) mass is 441 g/mol. The number of nitrogens with one attached hydrogen (secondary N) is 1. The number of carbonyl (C=O) groups excluding carboxylic acids is 1. The van der Waals surface area contributed by atoms with Crippen molar-refractivity contribution in [1.82, 2.24) is 14.6 Å². The fourth-order valence-electron chi connectivity index (χ4n) is 3.85. The summed E-state index contributed by atoms with van der Waals surface area (Å²) < 4.78 is 6.74. The lowest BCUT2D eigenvalue weighted by molar-refractivity contribution is -0.120. The number of rotatable bonds is 6. The molecule has 1 fully saturated rings. The second-order valence-corrected chi connectivity index (χ2v) is 8.80. The van der Waals surface area contributed by atoms with Crippen LogP contribution in [0.3, 0.4) is 0 Å². The summed E-state index contributed by atoms with van der Waals surface area (Å²) in [6, 6.07) is 7.31. The molecule has 0 aliphatic carbocycles. The zero-order valence-corrected chi connectivity index (χ0v) is 18.9. The second kappa shape index (κ2) is 9.05. The molecule has 8 nitrogen and oxygen atoms in total. The molecule has 1 amide bonds. The molecule has 1 aliphatic heterocycles. The van der Waals surface area contributed by atoms with Crippen molar-refractivity contribution in [2.75, 3.05) is 30.4 Å². The summed E-state index contributed by atoms with van der Waals surface area (Å²) in [5.74, 6) is 0.592. The van der Waals surface area contributed by atoms with E-state index >= 15 is 0 Å². The van der Waals surface area contributed by atoms with Crippen LogP contribution in [-0.4, -0.2) is 40.7 Å². The third-order valence-electron chi connectivity index (χ3n) is 5.54. The summed E-state index contributed by atoms with van der Waals surface area (Å²) in [5, 5.41) is 8.27. The molecular weight excluding hydrogens is 414 g/mol. The molecule has 0 unspecified atom stereocenters. The molecule has 1 aliphatic rings. The van der Waals surface area contributed by atoms with Crippen molar-refractivity contribution in [2.24, 2.45) is 5.92 Å². The molecule has 4 rings (SSSR count). The third-order valence-corrected chi connectivity index (χ3v) is 6.51. The Bertz CT molecular complexity index is 1150. The van der Waals surface area contributed by atoms with Crippen LogP contribution in [0, 0.1) is 12.8 Å². The first-order chi connectivity index (χ1) is 15.0. The van der Waals surface area contributed by atoms with Crippen LogP contribution in [0.1, 0.15) is 37.4 Å². The van der Waals surface area contributed by atoms with Gasteiger partial charge in [-0.2, -0.15) is 4.52 Å². The quantitative estimate of drug-likeness (QED) is 0.632. The number of methoxy groups -OCH3 is 1. The van der Waals surface area contributed by atoms with Crippen molar-refractivity contribution in [1.29, 1.82) is 0 Å². The van der Waals surface area contributed by atoms with E-state index in [0.717, 1.165) is 42.1 Å². The minimum Gasteiger partial charge on any atom is -0.495 e. The lowest BCUT2D eigenvalue weighted by Crippen LogP contribution is -2.38. The van der Waals surface area contributed by atoms with Crippen LogP contribution in [0.4, 0.5) is 10.8 Å². The topological polar surface area (TPSA) is 88.8 Å². The average Bonchev–Trinajstić information content (AvgIpc) is 3.19. The molecule has 2 aromatic heterocycles. The van der Waals surface area contributed by atoms with Crippen molar-refractivity contribution in [3.63, 3.8) is 0 Å². The molecule has 1 N–H and O–H groups in total. The van der Waals surface area contributed by atoms with Gasteiger partial charge in [0.25, 0.3) is 5.56 Å².